The Bertz CT molecular complexity index is 2800. The number of benzene rings is 7. The molecule has 10 rings (SSSR count). The normalized spacial score (nSPS) is 11.9. The predicted molar refractivity (Wildman–Crippen MR) is 192 cm³/mol. The van der Waals surface area contributed by atoms with Crippen LogP contribution in [0.15, 0.2) is 162 Å². The van der Waals surface area contributed by atoms with Gasteiger partial charge in [-0.15, -0.1) is 0 Å². The zero-order chi connectivity index (χ0) is 30.2. The van der Waals surface area contributed by atoms with Crippen molar-refractivity contribution in [2.75, 3.05) is 0 Å². The van der Waals surface area contributed by atoms with Crippen molar-refractivity contribution >= 4 is 65.4 Å². The second kappa shape index (κ2) is 9.65. The Morgan fingerprint density at radius 3 is 1.89 bits per heavy atom. The maximum Gasteiger partial charge on any atom is 0.135 e. The number of aromatic nitrogens is 2. The van der Waals surface area contributed by atoms with Crippen molar-refractivity contribution in [1.82, 2.24) is 9.55 Å². The van der Waals surface area contributed by atoms with Gasteiger partial charge in [-0.2, -0.15) is 0 Å². The first kappa shape index (κ1) is 25.2. The number of hydrogen-bond donors (Lipinski definition) is 0. The fourth-order valence-corrected chi connectivity index (χ4v) is 7.24. The summed E-state index contributed by atoms with van der Waals surface area (Å²) < 4.78 is 8.76. The van der Waals surface area contributed by atoms with Crippen LogP contribution >= 0.6 is 0 Å². The van der Waals surface area contributed by atoms with E-state index in [1.165, 1.54) is 43.7 Å². The standard InChI is InChI=1S/C43H26N2O/c1-2-10-27(11-3-1)28-18-21-40-35(24-28)33-14-7-9-17-39(33)45(40)30-20-23-42-37(26-30)36-25-29(19-22-41(36)46-42)43-34-15-5-4-12-31(34)32-13-6-8-16-38(32)44-43/h1-26H. The average molecular weight is 587 g/mol. The van der Waals surface area contributed by atoms with E-state index < -0.39 is 0 Å². The van der Waals surface area contributed by atoms with Gasteiger partial charge in [-0.25, -0.2) is 4.98 Å². The summed E-state index contributed by atoms with van der Waals surface area (Å²) in [6, 6.07) is 56.0. The van der Waals surface area contributed by atoms with Gasteiger partial charge in [-0.05, 0) is 77.2 Å². The summed E-state index contributed by atoms with van der Waals surface area (Å²) in [6.45, 7) is 0. The lowest BCUT2D eigenvalue weighted by Gasteiger charge is -2.10. The SMILES string of the molecule is c1ccc(-c2ccc3c(c2)c2ccccc2n3-c2ccc3oc4ccc(-c5nc6ccccc6c6ccccc56)cc4c3c2)cc1. The quantitative estimate of drug-likeness (QED) is 0.193. The first-order valence-electron chi connectivity index (χ1n) is 15.6. The van der Waals surface area contributed by atoms with E-state index in [2.05, 4.69) is 162 Å². The van der Waals surface area contributed by atoms with Crippen molar-refractivity contribution in [3.05, 3.63) is 158 Å². The Labute approximate surface area is 264 Å². The summed E-state index contributed by atoms with van der Waals surface area (Å²) in [5.74, 6) is 0. The number of furan rings is 1. The topological polar surface area (TPSA) is 31.0 Å². The molecule has 0 unspecified atom stereocenters. The molecule has 0 saturated heterocycles. The number of pyridine rings is 1. The summed E-state index contributed by atoms with van der Waals surface area (Å²) in [4.78, 5) is 5.17. The average Bonchev–Trinajstić information content (AvgIpc) is 3.66. The first-order chi connectivity index (χ1) is 22.8. The maximum atomic E-state index is 6.38. The van der Waals surface area contributed by atoms with Crippen molar-refractivity contribution in [1.29, 1.82) is 0 Å². The lowest BCUT2D eigenvalue weighted by Crippen LogP contribution is -1.93. The number of rotatable bonds is 3. The minimum absolute atomic E-state index is 0.871. The van der Waals surface area contributed by atoms with Crippen molar-refractivity contribution < 1.29 is 4.42 Å². The highest BCUT2D eigenvalue weighted by Gasteiger charge is 2.17. The largest absolute Gasteiger partial charge is 0.456 e. The fourth-order valence-electron chi connectivity index (χ4n) is 7.24. The Hall–Kier alpha value is -6.19. The van der Waals surface area contributed by atoms with E-state index in [0.717, 1.165) is 49.8 Å². The molecular weight excluding hydrogens is 560 g/mol. The van der Waals surface area contributed by atoms with Crippen LogP contribution in [-0.4, -0.2) is 9.55 Å². The lowest BCUT2D eigenvalue weighted by molar-refractivity contribution is 0.669. The number of hydrogen-bond acceptors (Lipinski definition) is 2. The highest BCUT2D eigenvalue weighted by atomic mass is 16.3. The summed E-state index contributed by atoms with van der Waals surface area (Å²) in [6.07, 6.45) is 0. The molecule has 0 aliphatic heterocycles. The van der Waals surface area contributed by atoms with Gasteiger partial charge in [0.1, 0.15) is 11.2 Å². The van der Waals surface area contributed by atoms with Crippen LogP contribution in [0.4, 0.5) is 0 Å². The monoisotopic (exact) mass is 586 g/mol. The molecule has 3 heterocycles. The van der Waals surface area contributed by atoms with Crippen molar-refractivity contribution in [3.63, 3.8) is 0 Å². The van der Waals surface area contributed by atoms with E-state index >= 15 is 0 Å². The van der Waals surface area contributed by atoms with Gasteiger partial charge in [0.05, 0.1) is 22.2 Å². The van der Waals surface area contributed by atoms with E-state index in [0.29, 0.717) is 0 Å². The summed E-state index contributed by atoms with van der Waals surface area (Å²) in [5, 5.41) is 8.18. The number of nitrogens with zero attached hydrogens (tertiary/aromatic N) is 2. The maximum absolute atomic E-state index is 6.38. The summed E-state index contributed by atoms with van der Waals surface area (Å²) in [7, 11) is 0. The van der Waals surface area contributed by atoms with Crippen LogP contribution in [0.3, 0.4) is 0 Å². The number of fused-ring (bicyclic) bond motifs is 9. The van der Waals surface area contributed by atoms with E-state index in [9.17, 15) is 0 Å². The van der Waals surface area contributed by atoms with E-state index in [-0.39, 0.29) is 0 Å². The molecule has 46 heavy (non-hydrogen) atoms. The van der Waals surface area contributed by atoms with Crippen molar-refractivity contribution in [3.8, 4) is 28.1 Å². The van der Waals surface area contributed by atoms with Crippen molar-refractivity contribution in [2.24, 2.45) is 0 Å². The molecule has 3 aromatic heterocycles. The Morgan fingerprint density at radius 1 is 0.391 bits per heavy atom. The third kappa shape index (κ3) is 3.69. The zero-order valence-electron chi connectivity index (χ0n) is 24.8. The Morgan fingerprint density at radius 2 is 1.02 bits per heavy atom. The molecule has 3 heteroatoms. The van der Waals surface area contributed by atoms with Crippen molar-refractivity contribution in [2.45, 2.75) is 0 Å². The van der Waals surface area contributed by atoms with Crippen LogP contribution in [0.2, 0.25) is 0 Å². The first-order valence-corrected chi connectivity index (χ1v) is 15.6. The van der Waals surface area contributed by atoms with Gasteiger partial charge in [0.25, 0.3) is 0 Å². The minimum Gasteiger partial charge on any atom is -0.456 e. The molecule has 0 saturated carbocycles. The van der Waals surface area contributed by atoms with Crippen LogP contribution in [0.1, 0.15) is 0 Å². The lowest BCUT2D eigenvalue weighted by atomic mass is 9.99. The van der Waals surface area contributed by atoms with Gasteiger partial charge in [0.15, 0.2) is 0 Å². The zero-order valence-corrected chi connectivity index (χ0v) is 24.8. The van der Waals surface area contributed by atoms with Crippen LogP contribution in [0.5, 0.6) is 0 Å². The second-order valence-corrected chi connectivity index (χ2v) is 12.0. The van der Waals surface area contributed by atoms with Gasteiger partial charge in [0.2, 0.25) is 0 Å². The van der Waals surface area contributed by atoms with Crippen LogP contribution in [0.25, 0.3) is 93.5 Å². The molecule has 214 valence electrons. The second-order valence-electron chi connectivity index (χ2n) is 12.0. The molecule has 3 nitrogen and oxygen atoms in total. The Kier molecular flexibility index (Phi) is 5.28. The van der Waals surface area contributed by atoms with Gasteiger partial charge in [0, 0.05) is 43.6 Å². The molecule has 0 N–H and O–H groups in total. The molecule has 0 bridgehead atoms. The highest BCUT2D eigenvalue weighted by molar-refractivity contribution is 6.14. The minimum atomic E-state index is 0.871. The third-order valence-electron chi connectivity index (χ3n) is 9.37. The Balaban J connectivity index is 1.19. The molecule has 0 fully saturated rings. The molecule has 0 aliphatic rings. The van der Waals surface area contributed by atoms with Gasteiger partial charge < -0.3 is 8.98 Å². The molecule has 0 atom stereocenters. The molecule has 0 radical (unpaired) electrons. The van der Waals surface area contributed by atoms with E-state index in [1.54, 1.807) is 0 Å². The van der Waals surface area contributed by atoms with Crippen LogP contribution < -0.4 is 0 Å². The molecule has 0 aliphatic carbocycles. The molecule has 7 aromatic carbocycles. The van der Waals surface area contributed by atoms with Crippen LogP contribution in [-0.2, 0) is 0 Å². The molecule has 0 amide bonds. The number of para-hydroxylation sites is 2. The van der Waals surface area contributed by atoms with Gasteiger partial charge in [-0.1, -0.05) is 97.1 Å². The van der Waals surface area contributed by atoms with E-state index in [4.69, 9.17) is 9.40 Å². The predicted octanol–water partition coefficient (Wildman–Crippen LogP) is 11.7. The fraction of sp³-hybridized carbons (Fsp3) is 0. The smallest absolute Gasteiger partial charge is 0.135 e. The summed E-state index contributed by atoms with van der Waals surface area (Å²) >= 11 is 0. The van der Waals surface area contributed by atoms with Crippen LogP contribution in [0, 0.1) is 0 Å². The van der Waals surface area contributed by atoms with Gasteiger partial charge in [-0.3, -0.25) is 0 Å². The molecule has 10 aromatic rings. The molecular formula is C43H26N2O. The third-order valence-corrected chi connectivity index (χ3v) is 9.37. The highest BCUT2D eigenvalue weighted by Crippen LogP contribution is 2.39. The summed E-state index contributed by atoms with van der Waals surface area (Å²) in [5.41, 5.74) is 10.7. The molecule has 0 spiro atoms. The van der Waals surface area contributed by atoms with Gasteiger partial charge >= 0.3 is 0 Å². The van der Waals surface area contributed by atoms with E-state index in [1.807, 2.05) is 0 Å².